The van der Waals surface area contributed by atoms with Crippen LogP contribution < -0.4 is 10.1 Å². The first-order chi connectivity index (χ1) is 15.2. The van der Waals surface area contributed by atoms with Crippen LogP contribution in [0.2, 0.25) is 0 Å². The van der Waals surface area contributed by atoms with Gasteiger partial charge in [-0.2, -0.15) is 0 Å². The second-order valence-electron chi connectivity index (χ2n) is 7.93. The normalized spacial score (nSPS) is 17.0. The Balaban J connectivity index is 1.32. The Kier molecular flexibility index (Phi) is 5.44. The molecule has 1 aliphatic heterocycles. The van der Waals surface area contributed by atoms with Crippen LogP contribution >= 0.6 is 0 Å². The molecule has 3 aromatic heterocycles. The zero-order valence-corrected chi connectivity index (χ0v) is 17.6. The predicted octanol–water partition coefficient (Wildman–Crippen LogP) is 3.72. The summed E-state index contributed by atoms with van der Waals surface area (Å²) in [5.74, 6) is 1.33. The molecule has 0 aliphatic carbocycles. The minimum absolute atomic E-state index is 0.387. The van der Waals surface area contributed by atoms with Gasteiger partial charge in [0.05, 0.1) is 18.3 Å². The maximum absolute atomic E-state index is 8.50. The fraction of sp³-hybridized carbons (Fsp3) is 0.333. The molecule has 7 heteroatoms. The number of rotatable bonds is 7. The van der Waals surface area contributed by atoms with Crippen molar-refractivity contribution in [3.8, 4) is 17.2 Å². The molecule has 0 spiro atoms. The molecule has 1 N–H and O–H groups in total. The summed E-state index contributed by atoms with van der Waals surface area (Å²) in [5.41, 5.74) is 2.38. The molecule has 1 aromatic carbocycles. The van der Waals surface area contributed by atoms with Gasteiger partial charge in [-0.05, 0) is 55.8 Å². The highest BCUT2D eigenvalue weighted by Crippen LogP contribution is 2.25. The summed E-state index contributed by atoms with van der Waals surface area (Å²) in [5, 5.41) is 9.61. The van der Waals surface area contributed by atoms with Gasteiger partial charge in [0.2, 0.25) is 0 Å². The van der Waals surface area contributed by atoms with Crippen LogP contribution in [0.25, 0.3) is 27.9 Å². The second kappa shape index (κ2) is 8.53. The second-order valence-corrected chi connectivity index (χ2v) is 7.93. The minimum Gasteiger partial charge on any atom is -0.492 e. The van der Waals surface area contributed by atoms with Crippen molar-refractivity contribution >= 4 is 16.5 Å². The van der Waals surface area contributed by atoms with Crippen LogP contribution in [-0.4, -0.2) is 53.7 Å². The van der Waals surface area contributed by atoms with Gasteiger partial charge in [-0.15, -0.1) is 0 Å². The fourth-order valence-corrected chi connectivity index (χ4v) is 4.30. The summed E-state index contributed by atoms with van der Waals surface area (Å²) in [7, 11) is 1.76. The van der Waals surface area contributed by atoms with Crippen molar-refractivity contribution in [3.63, 3.8) is 0 Å². The van der Waals surface area contributed by atoms with Crippen LogP contribution in [0.5, 0.6) is 5.75 Å². The summed E-state index contributed by atoms with van der Waals surface area (Å²) < 4.78 is 19.3. The third-order valence-electron chi connectivity index (χ3n) is 5.91. The van der Waals surface area contributed by atoms with Crippen molar-refractivity contribution in [2.75, 3.05) is 33.4 Å². The molecule has 4 heterocycles. The Hall–Kier alpha value is -3.16. The summed E-state index contributed by atoms with van der Waals surface area (Å²) in [6.07, 6.45) is 6.09. The molecule has 0 saturated carbocycles. The van der Waals surface area contributed by atoms with Crippen LogP contribution in [-0.2, 0) is 4.74 Å². The SMILES string of the molecule is COC[C@@H]1CCCN1CCOc1ccc2oc(-c3cc4cccn4cn3)cc(=N)c2c1. The van der Waals surface area contributed by atoms with Crippen molar-refractivity contribution in [1.29, 1.82) is 5.41 Å². The summed E-state index contributed by atoms with van der Waals surface area (Å²) in [6.45, 7) is 3.34. The lowest BCUT2D eigenvalue weighted by atomic mass is 10.2. The van der Waals surface area contributed by atoms with Gasteiger partial charge in [-0.3, -0.25) is 10.3 Å². The van der Waals surface area contributed by atoms with Crippen LogP contribution in [0.3, 0.4) is 0 Å². The molecular weight excluding hydrogens is 392 g/mol. The molecule has 1 saturated heterocycles. The Morgan fingerprint density at radius 2 is 2.16 bits per heavy atom. The molecule has 1 fully saturated rings. The number of hydrogen-bond donors (Lipinski definition) is 1. The number of nitrogens with one attached hydrogen (secondary N) is 1. The highest BCUT2D eigenvalue weighted by molar-refractivity contribution is 5.79. The maximum Gasteiger partial charge on any atom is 0.155 e. The van der Waals surface area contributed by atoms with E-state index >= 15 is 0 Å². The third kappa shape index (κ3) is 4.06. The van der Waals surface area contributed by atoms with E-state index < -0.39 is 0 Å². The standard InChI is InChI=1S/C24H26N4O3/c1-29-15-18-5-3-8-27(18)10-11-30-19-6-7-23-20(13-19)21(25)14-24(31-23)22-12-17-4-2-9-28(17)16-26-22/h2,4,6-7,9,12-14,16,18,25H,3,5,8,10-11,15H2,1H3/t18-/m0/s1. The number of benzene rings is 1. The highest BCUT2D eigenvalue weighted by Gasteiger charge is 2.23. The maximum atomic E-state index is 8.50. The molecule has 4 aromatic rings. The molecule has 0 bridgehead atoms. The van der Waals surface area contributed by atoms with E-state index in [4.69, 9.17) is 19.3 Å². The number of likely N-dealkylation sites (tertiary alicyclic amines) is 1. The van der Waals surface area contributed by atoms with E-state index in [-0.39, 0.29) is 0 Å². The van der Waals surface area contributed by atoms with Crippen LogP contribution in [0.15, 0.2) is 59.4 Å². The molecule has 0 radical (unpaired) electrons. The van der Waals surface area contributed by atoms with Gasteiger partial charge >= 0.3 is 0 Å². The average molecular weight is 418 g/mol. The Morgan fingerprint density at radius 3 is 3.06 bits per heavy atom. The first-order valence-electron chi connectivity index (χ1n) is 10.6. The summed E-state index contributed by atoms with van der Waals surface area (Å²) in [4.78, 5) is 6.89. The van der Waals surface area contributed by atoms with Crippen LogP contribution in [0, 0.1) is 5.41 Å². The van der Waals surface area contributed by atoms with Gasteiger partial charge in [0.25, 0.3) is 0 Å². The lowest BCUT2D eigenvalue weighted by Crippen LogP contribution is -2.35. The largest absolute Gasteiger partial charge is 0.492 e. The number of ether oxygens (including phenoxy) is 2. The van der Waals surface area contributed by atoms with Gasteiger partial charge in [0.1, 0.15) is 23.6 Å². The van der Waals surface area contributed by atoms with Crippen molar-refractivity contribution in [2.24, 2.45) is 0 Å². The van der Waals surface area contributed by atoms with Gasteiger partial charge in [-0.1, -0.05) is 0 Å². The lowest BCUT2D eigenvalue weighted by Gasteiger charge is -2.23. The summed E-state index contributed by atoms with van der Waals surface area (Å²) in [6, 6.07) is 13.8. The fourth-order valence-electron chi connectivity index (χ4n) is 4.30. The molecule has 7 nitrogen and oxygen atoms in total. The first-order valence-corrected chi connectivity index (χ1v) is 10.6. The average Bonchev–Trinajstić information content (AvgIpc) is 3.43. The van der Waals surface area contributed by atoms with Gasteiger partial charge in [0, 0.05) is 42.9 Å². The van der Waals surface area contributed by atoms with Crippen molar-refractivity contribution in [3.05, 3.63) is 60.3 Å². The molecule has 5 rings (SSSR count). The van der Waals surface area contributed by atoms with E-state index in [1.165, 1.54) is 12.8 Å². The van der Waals surface area contributed by atoms with E-state index in [1.807, 2.05) is 47.0 Å². The molecule has 0 amide bonds. The van der Waals surface area contributed by atoms with Gasteiger partial charge in [0.15, 0.2) is 5.76 Å². The number of aromatic nitrogens is 2. The van der Waals surface area contributed by atoms with Crippen LogP contribution in [0.1, 0.15) is 12.8 Å². The van der Waals surface area contributed by atoms with Crippen molar-refractivity contribution in [2.45, 2.75) is 18.9 Å². The van der Waals surface area contributed by atoms with E-state index in [0.29, 0.717) is 35.0 Å². The molecule has 1 aliphatic rings. The predicted molar refractivity (Wildman–Crippen MR) is 118 cm³/mol. The monoisotopic (exact) mass is 418 g/mol. The number of fused-ring (bicyclic) bond motifs is 2. The van der Waals surface area contributed by atoms with E-state index in [0.717, 1.165) is 36.3 Å². The zero-order chi connectivity index (χ0) is 21.2. The molecule has 1 atom stereocenters. The lowest BCUT2D eigenvalue weighted by molar-refractivity contribution is 0.105. The molecule has 160 valence electrons. The zero-order valence-electron chi connectivity index (χ0n) is 17.6. The minimum atomic E-state index is 0.387. The topological polar surface area (TPSA) is 76.0 Å². The highest BCUT2D eigenvalue weighted by atomic mass is 16.5. The summed E-state index contributed by atoms with van der Waals surface area (Å²) >= 11 is 0. The Bertz CT molecular complexity index is 1260. The van der Waals surface area contributed by atoms with Crippen molar-refractivity contribution in [1.82, 2.24) is 14.3 Å². The van der Waals surface area contributed by atoms with E-state index in [9.17, 15) is 0 Å². The Labute approximate surface area is 180 Å². The number of nitrogens with zero attached hydrogens (tertiary/aromatic N) is 3. The van der Waals surface area contributed by atoms with E-state index in [2.05, 4.69) is 9.88 Å². The first kappa shape index (κ1) is 19.8. The number of methoxy groups -OCH3 is 1. The molecule has 31 heavy (non-hydrogen) atoms. The third-order valence-corrected chi connectivity index (χ3v) is 5.91. The van der Waals surface area contributed by atoms with E-state index in [1.54, 1.807) is 19.5 Å². The Morgan fingerprint density at radius 1 is 1.23 bits per heavy atom. The van der Waals surface area contributed by atoms with Gasteiger partial charge in [-0.25, -0.2) is 4.98 Å². The van der Waals surface area contributed by atoms with Gasteiger partial charge < -0.3 is 18.3 Å². The molecular formula is C24H26N4O3. The quantitative estimate of drug-likeness (QED) is 0.495. The molecule has 0 unspecified atom stereocenters. The van der Waals surface area contributed by atoms with Crippen LogP contribution in [0.4, 0.5) is 0 Å². The number of hydrogen-bond acceptors (Lipinski definition) is 6. The van der Waals surface area contributed by atoms with Crippen molar-refractivity contribution < 1.29 is 13.9 Å². The smallest absolute Gasteiger partial charge is 0.155 e.